The molecule has 42 heavy (non-hydrogen) atoms. The third-order valence-corrected chi connectivity index (χ3v) is 8.37. The van der Waals surface area contributed by atoms with Gasteiger partial charge in [0.05, 0.1) is 5.69 Å². The van der Waals surface area contributed by atoms with Crippen LogP contribution in [-0.2, 0) is 0 Å². The molecule has 0 unspecified atom stereocenters. The fourth-order valence-corrected chi connectivity index (χ4v) is 6.16. The lowest BCUT2D eigenvalue weighted by atomic mass is 10.0. The first-order valence-corrected chi connectivity index (χ1v) is 14.8. The van der Waals surface area contributed by atoms with E-state index < -0.39 is 0 Å². The quantitative estimate of drug-likeness (QED) is 0.218. The van der Waals surface area contributed by atoms with Gasteiger partial charge in [-0.15, -0.1) is 0 Å². The molecule has 204 valence electrons. The number of nitrogens with zero attached hydrogens (tertiary/aromatic N) is 2. The van der Waals surface area contributed by atoms with Crippen molar-refractivity contribution in [1.29, 1.82) is 0 Å². The predicted octanol–water partition coefficient (Wildman–Crippen LogP) is 11.2. The highest BCUT2D eigenvalue weighted by Crippen LogP contribution is 2.42. The normalized spacial score (nSPS) is 13.9. The SMILES string of the molecule is Cc1ccccc1N(c1ccc(-c2ccc(N3C4=C(C=CCC4)C=Cc4ccccc43)cc2)cc1)c1ccccc1C. The lowest BCUT2D eigenvalue weighted by Gasteiger charge is -2.30. The van der Waals surface area contributed by atoms with Gasteiger partial charge in [0.1, 0.15) is 0 Å². The van der Waals surface area contributed by atoms with Crippen LogP contribution >= 0.6 is 0 Å². The molecule has 0 N–H and O–H groups in total. The molecule has 1 aliphatic heterocycles. The molecule has 1 heterocycles. The van der Waals surface area contributed by atoms with Crippen LogP contribution in [0.5, 0.6) is 0 Å². The summed E-state index contributed by atoms with van der Waals surface area (Å²) < 4.78 is 0. The maximum atomic E-state index is 2.45. The number of aryl methyl sites for hydroxylation is 2. The molecule has 0 aromatic heterocycles. The van der Waals surface area contributed by atoms with Gasteiger partial charge in [0, 0.05) is 28.4 Å². The Kier molecular flexibility index (Phi) is 6.81. The van der Waals surface area contributed by atoms with Gasteiger partial charge >= 0.3 is 0 Å². The average Bonchev–Trinajstić information content (AvgIpc) is 3.20. The summed E-state index contributed by atoms with van der Waals surface area (Å²) in [4.78, 5) is 4.82. The fraction of sp³-hybridized carbons (Fsp3) is 0.100. The summed E-state index contributed by atoms with van der Waals surface area (Å²) >= 11 is 0. The molecule has 0 atom stereocenters. The van der Waals surface area contributed by atoms with Crippen molar-refractivity contribution in [3.8, 4) is 11.1 Å². The van der Waals surface area contributed by atoms with Gasteiger partial charge in [-0.3, -0.25) is 0 Å². The Labute approximate surface area is 249 Å². The predicted molar refractivity (Wildman–Crippen MR) is 179 cm³/mol. The van der Waals surface area contributed by atoms with E-state index in [2.05, 4.69) is 169 Å². The molecule has 0 bridgehead atoms. The molecular weight excluding hydrogens is 508 g/mol. The van der Waals surface area contributed by atoms with Crippen LogP contribution in [0.1, 0.15) is 29.5 Å². The van der Waals surface area contributed by atoms with Crippen molar-refractivity contribution >= 4 is 34.5 Å². The van der Waals surface area contributed by atoms with E-state index in [9.17, 15) is 0 Å². The summed E-state index contributed by atoms with van der Waals surface area (Å²) in [6.07, 6.45) is 11.2. The zero-order valence-corrected chi connectivity index (χ0v) is 24.2. The molecule has 5 aromatic rings. The summed E-state index contributed by atoms with van der Waals surface area (Å²) in [5.74, 6) is 0. The van der Waals surface area contributed by atoms with Crippen molar-refractivity contribution in [2.24, 2.45) is 0 Å². The van der Waals surface area contributed by atoms with Crippen LogP contribution in [0.15, 0.2) is 151 Å². The fourth-order valence-electron chi connectivity index (χ4n) is 6.16. The molecule has 0 saturated carbocycles. The van der Waals surface area contributed by atoms with Gasteiger partial charge in [-0.2, -0.15) is 0 Å². The van der Waals surface area contributed by atoms with Crippen molar-refractivity contribution in [3.63, 3.8) is 0 Å². The lowest BCUT2D eigenvalue weighted by Crippen LogP contribution is -2.19. The second-order valence-corrected chi connectivity index (χ2v) is 11.1. The molecular formula is C40H34N2. The number of benzene rings is 5. The van der Waals surface area contributed by atoms with Crippen LogP contribution in [-0.4, -0.2) is 0 Å². The second-order valence-electron chi connectivity index (χ2n) is 11.1. The maximum absolute atomic E-state index is 2.45. The van der Waals surface area contributed by atoms with Crippen LogP contribution in [0, 0.1) is 13.8 Å². The monoisotopic (exact) mass is 542 g/mol. The van der Waals surface area contributed by atoms with Crippen LogP contribution < -0.4 is 9.80 Å². The van der Waals surface area contributed by atoms with Crippen molar-refractivity contribution in [2.75, 3.05) is 9.80 Å². The topological polar surface area (TPSA) is 6.48 Å². The third-order valence-electron chi connectivity index (χ3n) is 8.37. The van der Waals surface area contributed by atoms with Crippen LogP contribution in [0.3, 0.4) is 0 Å². The summed E-state index contributed by atoms with van der Waals surface area (Å²) in [6, 6.07) is 43.9. The molecule has 2 nitrogen and oxygen atoms in total. The Balaban J connectivity index is 1.23. The van der Waals surface area contributed by atoms with Crippen LogP contribution in [0.4, 0.5) is 28.4 Å². The average molecular weight is 543 g/mol. The largest absolute Gasteiger partial charge is 0.313 e. The first-order valence-electron chi connectivity index (χ1n) is 14.8. The van der Waals surface area contributed by atoms with E-state index in [1.54, 1.807) is 0 Å². The van der Waals surface area contributed by atoms with Gasteiger partial charge in [0.25, 0.3) is 0 Å². The van der Waals surface area contributed by atoms with Gasteiger partial charge in [-0.05, 0) is 103 Å². The zero-order chi connectivity index (χ0) is 28.5. The molecule has 0 saturated heterocycles. The summed E-state index contributed by atoms with van der Waals surface area (Å²) in [6.45, 7) is 4.36. The molecule has 7 rings (SSSR count). The van der Waals surface area contributed by atoms with Crippen LogP contribution in [0.2, 0.25) is 0 Å². The van der Waals surface area contributed by atoms with E-state index in [0.29, 0.717) is 0 Å². The molecule has 0 spiro atoms. The van der Waals surface area contributed by atoms with E-state index in [1.807, 2.05) is 0 Å². The second kappa shape index (κ2) is 11.1. The van der Waals surface area contributed by atoms with E-state index in [-0.39, 0.29) is 0 Å². The number of allylic oxidation sites excluding steroid dienone is 5. The number of anilines is 5. The third kappa shape index (κ3) is 4.76. The van der Waals surface area contributed by atoms with E-state index in [0.717, 1.165) is 18.5 Å². The molecule has 5 aromatic carbocycles. The highest BCUT2D eigenvalue weighted by atomic mass is 15.2. The minimum Gasteiger partial charge on any atom is -0.313 e. The standard InChI is InChI=1S/C40H34N2/c1-29-11-3-7-15-37(29)41(38-16-8-4-12-30(38)2)35-25-21-31(22-26-35)32-23-27-36(28-24-32)42-39-17-9-5-13-33(39)19-20-34-14-6-10-18-40(34)42/h3-9,11-17,19-28H,10,18H2,1-2H3. The summed E-state index contributed by atoms with van der Waals surface area (Å²) in [7, 11) is 0. The molecule has 1 aliphatic carbocycles. The van der Waals surface area contributed by atoms with Gasteiger partial charge in [0.15, 0.2) is 0 Å². The summed E-state index contributed by atoms with van der Waals surface area (Å²) in [5, 5.41) is 0. The van der Waals surface area contributed by atoms with Gasteiger partial charge in [-0.1, -0.05) is 103 Å². The Morgan fingerprint density at radius 3 is 1.83 bits per heavy atom. The Morgan fingerprint density at radius 1 is 0.571 bits per heavy atom. The van der Waals surface area contributed by atoms with E-state index >= 15 is 0 Å². The number of hydrogen-bond acceptors (Lipinski definition) is 2. The highest BCUT2D eigenvalue weighted by molar-refractivity contribution is 5.84. The first-order chi connectivity index (χ1) is 20.7. The minimum absolute atomic E-state index is 1.03. The number of para-hydroxylation sites is 3. The van der Waals surface area contributed by atoms with Crippen molar-refractivity contribution in [2.45, 2.75) is 26.7 Å². The molecule has 2 heteroatoms. The van der Waals surface area contributed by atoms with Crippen molar-refractivity contribution in [3.05, 3.63) is 168 Å². The first kappa shape index (κ1) is 25.9. The van der Waals surface area contributed by atoms with Crippen molar-refractivity contribution < 1.29 is 0 Å². The molecule has 0 fully saturated rings. The number of rotatable bonds is 5. The summed E-state index contributed by atoms with van der Waals surface area (Å²) in [5.41, 5.74) is 14.8. The minimum atomic E-state index is 1.03. The Bertz CT molecular complexity index is 1790. The van der Waals surface area contributed by atoms with Gasteiger partial charge in [-0.25, -0.2) is 0 Å². The zero-order valence-electron chi connectivity index (χ0n) is 24.2. The molecule has 2 aliphatic rings. The lowest BCUT2D eigenvalue weighted by molar-refractivity contribution is 0.907. The molecule has 0 amide bonds. The Hall–Kier alpha value is -5.08. The number of hydrogen-bond donors (Lipinski definition) is 0. The van der Waals surface area contributed by atoms with E-state index in [1.165, 1.54) is 61.8 Å². The highest BCUT2D eigenvalue weighted by Gasteiger charge is 2.22. The van der Waals surface area contributed by atoms with Gasteiger partial charge in [0.2, 0.25) is 0 Å². The molecule has 0 radical (unpaired) electrons. The van der Waals surface area contributed by atoms with E-state index in [4.69, 9.17) is 0 Å². The van der Waals surface area contributed by atoms with Crippen molar-refractivity contribution in [1.82, 2.24) is 0 Å². The number of fused-ring (bicyclic) bond motifs is 1. The van der Waals surface area contributed by atoms with Gasteiger partial charge < -0.3 is 9.80 Å². The smallest absolute Gasteiger partial charge is 0.0531 e. The van der Waals surface area contributed by atoms with Crippen LogP contribution in [0.25, 0.3) is 17.2 Å². The Morgan fingerprint density at radius 2 is 1.17 bits per heavy atom. The maximum Gasteiger partial charge on any atom is 0.0531 e.